The summed E-state index contributed by atoms with van der Waals surface area (Å²) < 4.78 is 22.8. The third-order valence-electron chi connectivity index (χ3n) is 5.53. The van der Waals surface area contributed by atoms with Crippen molar-refractivity contribution >= 4 is 5.91 Å². The van der Waals surface area contributed by atoms with Crippen LogP contribution >= 0.6 is 0 Å². The Morgan fingerprint density at radius 3 is 2.32 bits per heavy atom. The van der Waals surface area contributed by atoms with E-state index in [1.165, 1.54) is 21.3 Å². The molecule has 1 amide bonds. The second-order valence-corrected chi connectivity index (χ2v) is 7.81. The van der Waals surface area contributed by atoms with E-state index in [1.54, 1.807) is 6.07 Å². The Hall–Kier alpha value is -2.93. The molecule has 1 saturated heterocycles. The van der Waals surface area contributed by atoms with Crippen LogP contribution in [-0.2, 0) is 6.42 Å². The molecule has 2 aromatic carbocycles. The van der Waals surface area contributed by atoms with Gasteiger partial charge in [-0.05, 0) is 49.4 Å². The van der Waals surface area contributed by atoms with Crippen LogP contribution in [0.5, 0.6) is 28.7 Å². The Kier molecular flexibility index (Phi) is 7.63. The Labute approximate surface area is 184 Å². The fraction of sp³-hybridized carbons (Fsp3) is 0.458. The predicted octanol–water partition coefficient (Wildman–Crippen LogP) is 3.88. The number of ether oxygens (including phenoxy) is 4. The van der Waals surface area contributed by atoms with Gasteiger partial charge in [0.25, 0.3) is 5.91 Å². The van der Waals surface area contributed by atoms with Crippen molar-refractivity contribution in [1.29, 1.82) is 0 Å². The summed E-state index contributed by atoms with van der Waals surface area (Å²) in [5, 5.41) is 0. The van der Waals surface area contributed by atoms with Crippen molar-refractivity contribution in [2.45, 2.75) is 26.2 Å². The molecule has 1 atom stereocenters. The van der Waals surface area contributed by atoms with Crippen LogP contribution in [0.3, 0.4) is 0 Å². The lowest BCUT2D eigenvalue weighted by molar-refractivity contribution is 0.0678. The van der Waals surface area contributed by atoms with Gasteiger partial charge in [-0.1, -0.05) is 19.1 Å². The van der Waals surface area contributed by atoms with Gasteiger partial charge in [-0.15, -0.1) is 0 Å². The van der Waals surface area contributed by atoms with Gasteiger partial charge in [-0.2, -0.15) is 0 Å². The van der Waals surface area contributed by atoms with Crippen molar-refractivity contribution in [2.24, 2.45) is 11.7 Å². The number of benzene rings is 2. The zero-order chi connectivity index (χ0) is 22.4. The predicted molar refractivity (Wildman–Crippen MR) is 120 cm³/mol. The minimum absolute atomic E-state index is 0.104. The van der Waals surface area contributed by atoms with E-state index in [4.69, 9.17) is 24.7 Å². The molecule has 0 aromatic heterocycles. The van der Waals surface area contributed by atoms with Crippen LogP contribution in [0.1, 0.15) is 35.7 Å². The largest absolute Gasteiger partial charge is 0.492 e. The third kappa shape index (κ3) is 5.05. The van der Waals surface area contributed by atoms with E-state index in [-0.39, 0.29) is 5.91 Å². The number of rotatable bonds is 8. The molecule has 0 radical (unpaired) electrons. The summed E-state index contributed by atoms with van der Waals surface area (Å²) in [6.07, 6.45) is 2.91. The maximum absolute atomic E-state index is 13.4. The van der Waals surface area contributed by atoms with E-state index < -0.39 is 0 Å². The minimum atomic E-state index is -0.104. The lowest BCUT2D eigenvalue weighted by atomic mass is 9.99. The summed E-state index contributed by atoms with van der Waals surface area (Å²) in [4.78, 5) is 15.3. The van der Waals surface area contributed by atoms with Crippen LogP contribution < -0.4 is 24.7 Å². The first-order valence-electron chi connectivity index (χ1n) is 10.6. The molecular formula is C24H32N2O5. The Morgan fingerprint density at radius 1 is 1.06 bits per heavy atom. The van der Waals surface area contributed by atoms with Crippen LogP contribution in [-0.4, -0.2) is 51.8 Å². The van der Waals surface area contributed by atoms with Crippen molar-refractivity contribution in [1.82, 2.24) is 4.90 Å². The number of amides is 1. The first-order chi connectivity index (χ1) is 15.0. The number of nitrogens with zero attached hydrogens (tertiary/aromatic N) is 1. The smallest absolute Gasteiger partial charge is 0.257 e. The molecule has 31 heavy (non-hydrogen) atoms. The van der Waals surface area contributed by atoms with Gasteiger partial charge in [0.1, 0.15) is 5.75 Å². The van der Waals surface area contributed by atoms with Crippen molar-refractivity contribution in [2.75, 3.05) is 41.0 Å². The summed E-state index contributed by atoms with van der Waals surface area (Å²) in [6, 6.07) is 9.35. The van der Waals surface area contributed by atoms with E-state index in [9.17, 15) is 4.79 Å². The molecule has 0 saturated carbocycles. The molecule has 0 spiro atoms. The second kappa shape index (κ2) is 10.4. The maximum atomic E-state index is 13.4. The minimum Gasteiger partial charge on any atom is -0.492 e. The van der Waals surface area contributed by atoms with Crippen LogP contribution in [0.2, 0.25) is 0 Å². The molecule has 7 heteroatoms. The van der Waals surface area contributed by atoms with E-state index in [0.29, 0.717) is 46.8 Å². The zero-order valence-corrected chi connectivity index (χ0v) is 18.8. The zero-order valence-electron chi connectivity index (χ0n) is 18.8. The van der Waals surface area contributed by atoms with E-state index in [2.05, 4.69) is 6.92 Å². The van der Waals surface area contributed by atoms with Crippen molar-refractivity contribution in [3.05, 3.63) is 41.5 Å². The van der Waals surface area contributed by atoms with Gasteiger partial charge in [-0.3, -0.25) is 4.79 Å². The standard InChI is InChI=1S/C24H32N2O5/c1-16-6-5-13-26(15-16)24(27)19-14-20(22(29-3)23(30-4)21(19)28-2)31-18-9-7-17(8-10-18)11-12-25/h7-10,14,16H,5-6,11-13,15,25H2,1-4H3. The van der Waals surface area contributed by atoms with Crippen LogP contribution in [0.15, 0.2) is 30.3 Å². The molecule has 0 bridgehead atoms. The Morgan fingerprint density at radius 2 is 1.74 bits per heavy atom. The number of hydrogen-bond donors (Lipinski definition) is 1. The third-order valence-corrected chi connectivity index (χ3v) is 5.53. The fourth-order valence-electron chi connectivity index (χ4n) is 3.98. The van der Waals surface area contributed by atoms with Gasteiger partial charge >= 0.3 is 0 Å². The van der Waals surface area contributed by atoms with Gasteiger partial charge in [0.05, 0.1) is 26.9 Å². The van der Waals surface area contributed by atoms with Gasteiger partial charge < -0.3 is 29.6 Å². The van der Waals surface area contributed by atoms with E-state index in [0.717, 1.165) is 37.9 Å². The summed E-state index contributed by atoms with van der Waals surface area (Å²) in [7, 11) is 4.56. The molecule has 1 fully saturated rings. The number of hydrogen-bond acceptors (Lipinski definition) is 6. The molecule has 168 valence electrons. The topological polar surface area (TPSA) is 83.3 Å². The van der Waals surface area contributed by atoms with Gasteiger partial charge in [0, 0.05) is 19.2 Å². The quantitative estimate of drug-likeness (QED) is 0.687. The molecule has 1 aliphatic heterocycles. The first-order valence-corrected chi connectivity index (χ1v) is 10.6. The highest BCUT2D eigenvalue weighted by Gasteiger charge is 2.30. The molecule has 2 aromatic rings. The summed E-state index contributed by atoms with van der Waals surface area (Å²) in [5.41, 5.74) is 7.15. The molecular weight excluding hydrogens is 396 g/mol. The van der Waals surface area contributed by atoms with Crippen LogP contribution in [0, 0.1) is 5.92 Å². The SMILES string of the molecule is COc1c(Oc2ccc(CCN)cc2)cc(C(=O)N2CCCC(C)C2)c(OC)c1OC. The second-order valence-electron chi connectivity index (χ2n) is 7.81. The highest BCUT2D eigenvalue weighted by atomic mass is 16.5. The highest BCUT2D eigenvalue weighted by molar-refractivity contribution is 5.99. The summed E-state index contributed by atoms with van der Waals surface area (Å²) in [5.74, 6) is 2.41. The molecule has 1 aliphatic rings. The fourth-order valence-corrected chi connectivity index (χ4v) is 3.98. The first kappa shape index (κ1) is 22.7. The maximum Gasteiger partial charge on any atom is 0.257 e. The van der Waals surface area contributed by atoms with Crippen LogP contribution in [0.25, 0.3) is 0 Å². The van der Waals surface area contributed by atoms with Crippen molar-refractivity contribution < 1.29 is 23.7 Å². The van der Waals surface area contributed by atoms with E-state index in [1.807, 2.05) is 29.2 Å². The van der Waals surface area contributed by atoms with Crippen molar-refractivity contribution in [3.63, 3.8) is 0 Å². The normalized spacial score (nSPS) is 16.0. The highest BCUT2D eigenvalue weighted by Crippen LogP contribution is 2.48. The number of likely N-dealkylation sites (tertiary alicyclic amines) is 1. The van der Waals surface area contributed by atoms with Gasteiger partial charge in [-0.25, -0.2) is 0 Å². The van der Waals surface area contributed by atoms with E-state index >= 15 is 0 Å². The van der Waals surface area contributed by atoms with Gasteiger partial charge in [0.2, 0.25) is 11.5 Å². The summed E-state index contributed by atoms with van der Waals surface area (Å²) in [6.45, 7) is 4.19. The van der Waals surface area contributed by atoms with Gasteiger partial charge in [0.15, 0.2) is 11.5 Å². The molecule has 2 N–H and O–H groups in total. The molecule has 7 nitrogen and oxygen atoms in total. The number of piperidine rings is 1. The number of carbonyl (C=O) groups is 1. The Bertz CT molecular complexity index is 898. The molecule has 3 rings (SSSR count). The molecule has 0 aliphatic carbocycles. The molecule has 1 unspecified atom stereocenters. The average Bonchev–Trinajstić information content (AvgIpc) is 2.79. The average molecular weight is 429 g/mol. The number of nitrogens with two attached hydrogens (primary N) is 1. The number of methoxy groups -OCH3 is 3. The van der Waals surface area contributed by atoms with Crippen LogP contribution in [0.4, 0.5) is 0 Å². The summed E-state index contributed by atoms with van der Waals surface area (Å²) >= 11 is 0. The van der Waals surface area contributed by atoms with Crippen molar-refractivity contribution in [3.8, 4) is 28.7 Å². The Balaban J connectivity index is 2.01. The molecule has 1 heterocycles. The number of carbonyl (C=O) groups excluding carboxylic acids is 1. The lowest BCUT2D eigenvalue weighted by Crippen LogP contribution is -2.39. The monoisotopic (exact) mass is 428 g/mol. The lowest BCUT2D eigenvalue weighted by Gasteiger charge is -2.31.